The van der Waals surface area contributed by atoms with Gasteiger partial charge in [0, 0.05) is 12.1 Å². The van der Waals surface area contributed by atoms with Crippen LogP contribution in [0.15, 0.2) is 97.1 Å². The van der Waals surface area contributed by atoms with Crippen molar-refractivity contribution in [2.45, 2.75) is 6.54 Å². The molecular formula is C28H22N2O3. The number of imidazole rings is 1. The summed E-state index contributed by atoms with van der Waals surface area (Å²) in [4.78, 5) is 16.5. The third kappa shape index (κ3) is 3.96. The smallest absolute Gasteiger partial charge is 0.336 e. The normalized spacial score (nSPS) is 10.9. The van der Waals surface area contributed by atoms with Crippen molar-refractivity contribution in [2.75, 3.05) is 7.11 Å². The van der Waals surface area contributed by atoms with E-state index in [1.54, 1.807) is 19.2 Å². The second kappa shape index (κ2) is 8.63. The monoisotopic (exact) mass is 434 g/mol. The average molecular weight is 434 g/mol. The van der Waals surface area contributed by atoms with Crippen molar-refractivity contribution in [2.24, 2.45) is 0 Å². The van der Waals surface area contributed by atoms with Gasteiger partial charge in [-0.25, -0.2) is 9.78 Å². The van der Waals surface area contributed by atoms with Gasteiger partial charge in [0.1, 0.15) is 11.6 Å². The molecule has 1 heterocycles. The summed E-state index contributed by atoms with van der Waals surface area (Å²) in [7, 11) is 1.66. The van der Waals surface area contributed by atoms with Gasteiger partial charge in [-0.05, 0) is 59.2 Å². The number of benzene rings is 4. The van der Waals surface area contributed by atoms with Crippen molar-refractivity contribution in [3.05, 3.63) is 108 Å². The lowest BCUT2D eigenvalue weighted by Gasteiger charge is -2.12. The molecule has 0 bridgehead atoms. The Labute approximate surface area is 191 Å². The van der Waals surface area contributed by atoms with Crippen molar-refractivity contribution < 1.29 is 14.6 Å². The predicted octanol–water partition coefficient (Wildman–Crippen LogP) is 6.13. The number of methoxy groups -OCH3 is 1. The highest BCUT2D eigenvalue weighted by molar-refractivity contribution is 5.96. The van der Waals surface area contributed by atoms with Crippen LogP contribution in [0.25, 0.3) is 33.5 Å². The Morgan fingerprint density at radius 2 is 1.52 bits per heavy atom. The SMILES string of the molecule is COc1ccc(-c2nc3ccccc3n2Cc2ccc(-c3ccccc3C(=O)O)cc2)cc1. The minimum absolute atomic E-state index is 0.299. The number of carboxylic acids is 1. The van der Waals surface area contributed by atoms with Crippen LogP contribution in [-0.2, 0) is 6.54 Å². The van der Waals surface area contributed by atoms with Crippen LogP contribution in [0.3, 0.4) is 0 Å². The largest absolute Gasteiger partial charge is 0.497 e. The molecule has 0 fully saturated rings. The first-order chi connectivity index (χ1) is 16.1. The van der Waals surface area contributed by atoms with Crippen LogP contribution in [0.5, 0.6) is 5.75 Å². The third-order valence-corrected chi connectivity index (χ3v) is 5.77. The standard InChI is InChI=1S/C28H22N2O3/c1-33-22-16-14-21(15-17-22)27-29-25-8-4-5-9-26(25)30(27)18-19-10-12-20(13-11-19)23-6-2-3-7-24(23)28(31)32/h2-17H,18H2,1H3,(H,31,32). The summed E-state index contributed by atoms with van der Waals surface area (Å²) in [5, 5.41) is 9.51. The molecule has 0 spiro atoms. The molecule has 0 radical (unpaired) electrons. The Morgan fingerprint density at radius 3 is 2.24 bits per heavy atom. The van der Waals surface area contributed by atoms with Gasteiger partial charge < -0.3 is 14.4 Å². The topological polar surface area (TPSA) is 64.4 Å². The lowest BCUT2D eigenvalue weighted by atomic mass is 9.99. The van der Waals surface area contributed by atoms with Crippen LogP contribution in [0.2, 0.25) is 0 Å². The second-order valence-electron chi connectivity index (χ2n) is 7.79. The van der Waals surface area contributed by atoms with Crippen LogP contribution in [0, 0.1) is 0 Å². The van der Waals surface area contributed by atoms with E-state index in [1.807, 2.05) is 78.9 Å². The van der Waals surface area contributed by atoms with Crippen molar-refractivity contribution in [1.29, 1.82) is 0 Å². The molecule has 5 heteroatoms. The van der Waals surface area contributed by atoms with Gasteiger partial charge in [-0.1, -0.05) is 54.6 Å². The van der Waals surface area contributed by atoms with Crippen LogP contribution >= 0.6 is 0 Å². The van der Waals surface area contributed by atoms with E-state index < -0.39 is 5.97 Å². The van der Waals surface area contributed by atoms with E-state index in [0.29, 0.717) is 17.7 Å². The molecule has 1 N–H and O–H groups in total. The van der Waals surface area contributed by atoms with Crippen molar-refractivity contribution in [1.82, 2.24) is 9.55 Å². The van der Waals surface area contributed by atoms with Gasteiger partial charge in [-0.15, -0.1) is 0 Å². The molecule has 0 aliphatic rings. The fourth-order valence-electron chi connectivity index (χ4n) is 4.09. The van der Waals surface area contributed by atoms with Gasteiger partial charge in [0.05, 0.1) is 23.7 Å². The molecule has 0 atom stereocenters. The van der Waals surface area contributed by atoms with Gasteiger partial charge in [0.15, 0.2) is 0 Å². The van der Waals surface area contributed by atoms with Crippen LogP contribution < -0.4 is 4.74 Å². The summed E-state index contributed by atoms with van der Waals surface area (Å²) in [6, 6.07) is 31.1. The first kappa shape index (κ1) is 20.5. The Kier molecular flexibility index (Phi) is 5.37. The first-order valence-corrected chi connectivity index (χ1v) is 10.7. The summed E-state index contributed by atoms with van der Waals surface area (Å²) in [5.74, 6) is 0.765. The minimum atomic E-state index is -0.927. The lowest BCUT2D eigenvalue weighted by Crippen LogP contribution is -2.03. The van der Waals surface area contributed by atoms with Crippen LogP contribution in [0.4, 0.5) is 0 Å². The number of aromatic nitrogens is 2. The van der Waals surface area contributed by atoms with Crippen molar-refractivity contribution in [3.8, 4) is 28.3 Å². The van der Waals surface area contributed by atoms with E-state index in [4.69, 9.17) is 9.72 Å². The van der Waals surface area contributed by atoms with Gasteiger partial charge >= 0.3 is 5.97 Å². The third-order valence-electron chi connectivity index (χ3n) is 5.77. The Hall–Kier alpha value is -4.38. The van der Waals surface area contributed by atoms with Gasteiger partial charge in [-0.2, -0.15) is 0 Å². The molecule has 162 valence electrons. The summed E-state index contributed by atoms with van der Waals surface area (Å²) >= 11 is 0. The van der Waals surface area contributed by atoms with Crippen LogP contribution in [0.1, 0.15) is 15.9 Å². The number of hydrogen-bond acceptors (Lipinski definition) is 3. The van der Waals surface area contributed by atoms with Crippen molar-refractivity contribution in [3.63, 3.8) is 0 Å². The number of aromatic carboxylic acids is 1. The Morgan fingerprint density at radius 1 is 0.848 bits per heavy atom. The van der Waals surface area contributed by atoms with E-state index in [1.165, 1.54) is 0 Å². The van der Waals surface area contributed by atoms with Crippen molar-refractivity contribution >= 4 is 17.0 Å². The molecule has 5 rings (SSSR count). The molecule has 0 aliphatic heterocycles. The molecule has 0 unspecified atom stereocenters. The maximum absolute atomic E-state index is 11.6. The summed E-state index contributed by atoms with van der Waals surface area (Å²) in [6.07, 6.45) is 0. The Bertz CT molecular complexity index is 1430. The maximum Gasteiger partial charge on any atom is 0.336 e. The molecule has 5 aromatic rings. The molecule has 33 heavy (non-hydrogen) atoms. The number of para-hydroxylation sites is 2. The number of carboxylic acid groups (broad SMARTS) is 1. The number of rotatable bonds is 6. The number of nitrogens with zero attached hydrogens (tertiary/aromatic N) is 2. The molecule has 0 aliphatic carbocycles. The minimum Gasteiger partial charge on any atom is -0.497 e. The highest BCUT2D eigenvalue weighted by Crippen LogP contribution is 2.29. The van der Waals surface area contributed by atoms with Crippen LogP contribution in [-0.4, -0.2) is 27.7 Å². The van der Waals surface area contributed by atoms with E-state index in [0.717, 1.165) is 39.3 Å². The highest BCUT2D eigenvalue weighted by Gasteiger charge is 2.14. The second-order valence-corrected chi connectivity index (χ2v) is 7.79. The molecule has 5 nitrogen and oxygen atoms in total. The fourth-order valence-corrected chi connectivity index (χ4v) is 4.09. The molecule has 0 amide bonds. The number of hydrogen-bond donors (Lipinski definition) is 1. The van der Waals surface area contributed by atoms with E-state index in [9.17, 15) is 9.90 Å². The zero-order valence-corrected chi connectivity index (χ0v) is 18.1. The van der Waals surface area contributed by atoms with Gasteiger partial charge in [0.25, 0.3) is 0 Å². The predicted molar refractivity (Wildman–Crippen MR) is 130 cm³/mol. The zero-order chi connectivity index (χ0) is 22.8. The summed E-state index contributed by atoms with van der Waals surface area (Å²) in [5.41, 5.74) is 6.00. The lowest BCUT2D eigenvalue weighted by molar-refractivity contribution is 0.0697. The number of fused-ring (bicyclic) bond motifs is 1. The number of ether oxygens (including phenoxy) is 1. The van der Waals surface area contributed by atoms with E-state index >= 15 is 0 Å². The molecule has 0 saturated heterocycles. The molecule has 0 saturated carbocycles. The fraction of sp³-hybridized carbons (Fsp3) is 0.0714. The van der Waals surface area contributed by atoms with E-state index in [-0.39, 0.29) is 0 Å². The highest BCUT2D eigenvalue weighted by atomic mass is 16.5. The zero-order valence-electron chi connectivity index (χ0n) is 18.1. The molecule has 4 aromatic carbocycles. The molecular weight excluding hydrogens is 412 g/mol. The summed E-state index contributed by atoms with van der Waals surface area (Å²) in [6.45, 7) is 0.642. The maximum atomic E-state index is 11.6. The van der Waals surface area contributed by atoms with Gasteiger partial charge in [0.2, 0.25) is 0 Å². The average Bonchev–Trinajstić information content (AvgIpc) is 3.23. The van der Waals surface area contributed by atoms with Gasteiger partial charge in [-0.3, -0.25) is 0 Å². The first-order valence-electron chi connectivity index (χ1n) is 10.7. The summed E-state index contributed by atoms with van der Waals surface area (Å²) < 4.78 is 7.50. The Balaban J connectivity index is 1.52. The molecule has 1 aromatic heterocycles. The van der Waals surface area contributed by atoms with E-state index in [2.05, 4.69) is 10.6 Å². The quantitative estimate of drug-likeness (QED) is 0.349. The number of carbonyl (C=O) groups is 1.